The van der Waals surface area contributed by atoms with Gasteiger partial charge in [0.15, 0.2) is 0 Å². The van der Waals surface area contributed by atoms with E-state index in [2.05, 4.69) is 0 Å². The van der Waals surface area contributed by atoms with Gasteiger partial charge in [-0.15, -0.1) is 23.1 Å². The first-order chi connectivity index (χ1) is 13.3. The Bertz CT molecular complexity index is 1160. The van der Waals surface area contributed by atoms with E-state index < -0.39 is 9.84 Å². The Hall–Kier alpha value is -2.00. The predicted molar refractivity (Wildman–Crippen MR) is 123 cm³/mol. The number of methoxy groups -OCH3 is 1. The fraction of sp³-hybridized carbons (Fsp3) is 0.150. The maximum atomic E-state index is 13.4. The van der Waals surface area contributed by atoms with E-state index in [-0.39, 0.29) is 23.1 Å². The standard InChI is InChI=1S/C19H17ClN2O3S3.CH4/c1-25-12-7-11(14-5-3-4-6-15(14)20)8-13(9-12)28(23,24)17-10-16(18(21)22)27-19(17)26-2;/h3-10H,1-2H3,(H3,21,22);1H4. The summed E-state index contributed by atoms with van der Waals surface area (Å²) in [6, 6.07) is 13.4. The number of sulfone groups is 1. The third kappa shape index (κ3) is 4.61. The molecule has 0 aliphatic heterocycles. The largest absolute Gasteiger partial charge is 0.497 e. The van der Waals surface area contributed by atoms with Crippen LogP contribution in [0, 0.1) is 5.41 Å². The Kier molecular flexibility index (Phi) is 7.40. The van der Waals surface area contributed by atoms with Crippen LogP contribution >= 0.6 is 34.7 Å². The predicted octanol–water partition coefficient (Wildman–Crippen LogP) is 5.55. The third-order valence-corrected chi connectivity index (χ3v) is 8.67. The minimum atomic E-state index is -3.86. The van der Waals surface area contributed by atoms with Gasteiger partial charge in [0.1, 0.15) is 11.6 Å². The third-order valence-electron chi connectivity index (χ3n) is 4.02. The van der Waals surface area contributed by atoms with E-state index in [0.717, 1.165) is 0 Å². The second kappa shape index (κ2) is 9.21. The second-order valence-electron chi connectivity index (χ2n) is 5.76. The van der Waals surface area contributed by atoms with Gasteiger partial charge >= 0.3 is 0 Å². The fourth-order valence-corrected chi connectivity index (χ4v) is 6.80. The summed E-state index contributed by atoms with van der Waals surface area (Å²) in [6.07, 6.45) is 1.79. The zero-order valence-electron chi connectivity index (χ0n) is 15.0. The van der Waals surface area contributed by atoms with Crippen molar-refractivity contribution in [2.45, 2.75) is 21.4 Å². The summed E-state index contributed by atoms with van der Waals surface area (Å²) in [5, 5.41) is 8.13. The van der Waals surface area contributed by atoms with Crippen LogP contribution in [0.25, 0.3) is 11.1 Å². The molecular formula is C20H21ClN2O3S3. The molecule has 29 heavy (non-hydrogen) atoms. The Morgan fingerprint density at radius 1 is 1.21 bits per heavy atom. The summed E-state index contributed by atoms with van der Waals surface area (Å²) in [6.45, 7) is 0. The molecule has 2 aromatic carbocycles. The first kappa shape index (κ1) is 23.3. The summed E-state index contributed by atoms with van der Waals surface area (Å²) in [5.41, 5.74) is 6.89. The highest BCUT2D eigenvalue weighted by molar-refractivity contribution is 8.01. The summed E-state index contributed by atoms with van der Waals surface area (Å²) >= 11 is 8.78. The fourth-order valence-electron chi connectivity index (χ4n) is 2.64. The lowest BCUT2D eigenvalue weighted by molar-refractivity contribution is 0.413. The van der Waals surface area contributed by atoms with E-state index >= 15 is 0 Å². The van der Waals surface area contributed by atoms with Gasteiger partial charge in [-0.3, -0.25) is 5.41 Å². The topological polar surface area (TPSA) is 93.2 Å². The number of nitrogen functional groups attached to an aromatic ring is 1. The highest BCUT2D eigenvalue weighted by Crippen LogP contribution is 2.39. The summed E-state index contributed by atoms with van der Waals surface area (Å²) < 4.78 is 32.7. The van der Waals surface area contributed by atoms with E-state index in [1.54, 1.807) is 24.5 Å². The average molecular weight is 469 g/mol. The van der Waals surface area contributed by atoms with E-state index in [1.807, 2.05) is 18.2 Å². The second-order valence-corrected chi connectivity index (χ2v) is 10.2. The maximum Gasteiger partial charge on any atom is 0.208 e. The van der Waals surface area contributed by atoms with Gasteiger partial charge in [0.25, 0.3) is 0 Å². The van der Waals surface area contributed by atoms with Gasteiger partial charge in [0, 0.05) is 10.6 Å². The molecule has 0 unspecified atom stereocenters. The van der Waals surface area contributed by atoms with Crippen molar-refractivity contribution in [1.82, 2.24) is 0 Å². The zero-order chi connectivity index (χ0) is 20.5. The lowest BCUT2D eigenvalue weighted by atomic mass is 10.1. The van der Waals surface area contributed by atoms with Crippen molar-refractivity contribution < 1.29 is 13.2 Å². The van der Waals surface area contributed by atoms with E-state index in [0.29, 0.717) is 31.0 Å². The molecule has 0 bridgehead atoms. The molecular weight excluding hydrogens is 448 g/mol. The van der Waals surface area contributed by atoms with Crippen LogP contribution in [0.2, 0.25) is 5.02 Å². The molecule has 1 aromatic heterocycles. The summed E-state index contributed by atoms with van der Waals surface area (Å²) in [4.78, 5) is 0.635. The molecule has 0 saturated heterocycles. The SMILES string of the molecule is C.COc1cc(-c2ccccc2Cl)cc(S(=O)(=O)c2cc(C(=N)N)sc2SC)c1. The van der Waals surface area contributed by atoms with Crippen molar-refractivity contribution >= 4 is 50.4 Å². The molecule has 0 spiro atoms. The molecule has 0 amide bonds. The van der Waals surface area contributed by atoms with Crippen molar-refractivity contribution in [3.8, 4) is 16.9 Å². The first-order valence-electron chi connectivity index (χ1n) is 7.99. The van der Waals surface area contributed by atoms with Gasteiger partial charge in [0.2, 0.25) is 9.84 Å². The maximum absolute atomic E-state index is 13.4. The molecule has 3 aromatic rings. The Labute approximate surface area is 184 Å². The number of benzene rings is 2. The van der Waals surface area contributed by atoms with E-state index in [9.17, 15) is 8.42 Å². The van der Waals surface area contributed by atoms with Gasteiger partial charge in [-0.25, -0.2) is 8.42 Å². The smallest absolute Gasteiger partial charge is 0.208 e. The molecule has 3 rings (SSSR count). The van der Waals surface area contributed by atoms with Crippen LogP contribution in [0.15, 0.2) is 62.5 Å². The first-order valence-corrected chi connectivity index (χ1v) is 11.9. The average Bonchev–Trinajstić information content (AvgIpc) is 3.13. The summed E-state index contributed by atoms with van der Waals surface area (Å²) in [5.74, 6) is 0.243. The molecule has 0 radical (unpaired) electrons. The van der Waals surface area contributed by atoms with Gasteiger partial charge < -0.3 is 10.5 Å². The molecule has 0 atom stereocenters. The number of ether oxygens (including phenoxy) is 1. The number of amidine groups is 1. The van der Waals surface area contributed by atoms with Crippen LogP contribution in [-0.4, -0.2) is 27.6 Å². The van der Waals surface area contributed by atoms with Gasteiger partial charge in [0.05, 0.1) is 26.0 Å². The van der Waals surface area contributed by atoms with Crippen molar-refractivity contribution in [3.63, 3.8) is 0 Å². The number of nitrogens with two attached hydrogens (primary N) is 1. The number of halogens is 1. The normalized spacial score (nSPS) is 11.0. The molecule has 0 aliphatic carbocycles. The lowest BCUT2D eigenvalue weighted by Gasteiger charge is -2.11. The Morgan fingerprint density at radius 3 is 2.48 bits per heavy atom. The van der Waals surface area contributed by atoms with Crippen molar-refractivity contribution in [1.29, 1.82) is 5.41 Å². The van der Waals surface area contributed by atoms with E-state index in [1.165, 1.54) is 42.3 Å². The van der Waals surface area contributed by atoms with Crippen LogP contribution in [0.1, 0.15) is 12.3 Å². The van der Waals surface area contributed by atoms with Gasteiger partial charge in [-0.2, -0.15) is 0 Å². The number of hydrogen-bond acceptors (Lipinski definition) is 6. The number of rotatable bonds is 6. The molecule has 9 heteroatoms. The Balaban J connectivity index is 0.00000300. The van der Waals surface area contributed by atoms with Crippen LogP contribution in [-0.2, 0) is 9.84 Å². The molecule has 1 heterocycles. The molecule has 0 fully saturated rings. The molecule has 3 N–H and O–H groups in total. The molecule has 154 valence electrons. The summed E-state index contributed by atoms with van der Waals surface area (Å²) in [7, 11) is -2.38. The van der Waals surface area contributed by atoms with Crippen LogP contribution in [0.4, 0.5) is 0 Å². The highest BCUT2D eigenvalue weighted by Gasteiger charge is 2.26. The van der Waals surface area contributed by atoms with Crippen LogP contribution in [0.3, 0.4) is 0 Å². The van der Waals surface area contributed by atoms with Crippen molar-refractivity contribution in [2.24, 2.45) is 5.73 Å². The number of thioether (sulfide) groups is 1. The van der Waals surface area contributed by atoms with E-state index in [4.69, 9.17) is 27.5 Å². The van der Waals surface area contributed by atoms with Crippen LogP contribution in [0.5, 0.6) is 5.75 Å². The van der Waals surface area contributed by atoms with Gasteiger partial charge in [-0.1, -0.05) is 37.2 Å². The van der Waals surface area contributed by atoms with Gasteiger partial charge in [-0.05, 0) is 42.2 Å². The molecule has 0 aliphatic rings. The zero-order valence-corrected chi connectivity index (χ0v) is 18.2. The highest BCUT2D eigenvalue weighted by atomic mass is 35.5. The number of thiophene rings is 1. The van der Waals surface area contributed by atoms with Crippen LogP contribution < -0.4 is 10.5 Å². The number of hydrogen-bond donors (Lipinski definition) is 2. The Morgan fingerprint density at radius 2 is 1.90 bits per heavy atom. The molecule has 0 saturated carbocycles. The molecule has 5 nitrogen and oxygen atoms in total. The monoisotopic (exact) mass is 468 g/mol. The number of nitrogens with one attached hydrogen (secondary N) is 1. The minimum Gasteiger partial charge on any atom is -0.497 e. The van der Waals surface area contributed by atoms with Crippen molar-refractivity contribution in [3.05, 3.63) is 58.4 Å². The lowest BCUT2D eigenvalue weighted by Crippen LogP contribution is -2.09. The quantitative estimate of drug-likeness (QED) is 0.281. The minimum absolute atomic E-state index is 0. The van der Waals surface area contributed by atoms with Crippen molar-refractivity contribution in [2.75, 3.05) is 13.4 Å².